The third-order valence-corrected chi connectivity index (χ3v) is 5.56. The van der Waals surface area contributed by atoms with Crippen molar-refractivity contribution in [3.8, 4) is 0 Å². The normalized spacial score (nSPS) is 35.9. The van der Waals surface area contributed by atoms with E-state index < -0.39 is 0 Å². The lowest BCUT2D eigenvalue weighted by Gasteiger charge is -2.23. The molecule has 5 atom stereocenters. The zero-order valence-corrected chi connectivity index (χ0v) is 12.3. The van der Waals surface area contributed by atoms with Gasteiger partial charge in [0.25, 0.3) is 0 Å². The maximum Gasteiger partial charge on any atom is 0.310 e. The summed E-state index contributed by atoms with van der Waals surface area (Å²) < 4.78 is 5.39. The van der Waals surface area contributed by atoms with Gasteiger partial charge in [-0.15, -0.1) is 0 Å². The number of carbonyl (C=O) groups excluding carboxylic acids is 2. The van der Waals surface area contributed by atoms with Gasteiger partial charge in [-0.05, 0) is 55.9 Å². The first kappa shape index (κ1) is 12.9. The van der Waals surface area contributed by atoms with Crippen molar-refractivity contribution < 1.29 is 14.3 Å². The van der Waals surface area contributed by atoms with Crippen LogP contribution in [0.1, 0.15) is 24.0 Å². The van der Waals surface area contributed by atoms with E-state index in [0.29, 0.717) is 5.92 Å². The standard InChI is InChI=1S/C17H19NO3/c1-8-3-4-11(5-9(8)2)18-16(19)14-10-6-12-13(7-10)21-17(20)15(12)14/h3-5,10,12-15H,6-7H2,1-2H3,(H,18,19)/t10-,12+,13-,14+,15+/m1/s1. The van der Waals surface area contributed by atoms with Crippen LogP contribution in [0, 0.1) is 37.5 Å². The maximum atomic E-state index is 12.6. The number of amides is 1. The number of hydrogen-bond acceptors (Lipinski definition) is 3. The first-order valence-corrected chi connectivity index (χ1v) is 7.63. The molecule has 0 unspecified atom stereocenters. The highest BCUT2D eigenvalue weighted by Crippen LogP contribution is 2.57. The van der Waals surface area contributed by atoms with E-state index in [1.165, 1.54) is 5.56 Å². The molecule has 1 amide bonds. The zero-order chi connectivity index (χ0) is 14.7. The summed E-state index contributed by atoms with van der Waals surface area (Å²) in [5.41, 5.74) is 3.17. The van der Waals surface area contributed by atoms with E-state index in [2.05, 4.69) is 5.32 Å². The minimum absolute atomic E-state index is 0.0203. The van der Waals surface area contributed by atoms with Gasteiger partial charge in [-0.3, -0.25) is 9.59 Å². The number of benzene rings is 1. The first-order valence-electron chi connectivity index (χ1n) is 7.63. The maximum absolute atomic E-state index is 12.6. The quantitative estimate of drug-likeness (QED) is 0.849. The Morgan fingerprint density at radius 1 is 1.24 bits per heavy atom. The van der Waals surface area contributed by atoms with Crippen molar-refractivity contribution in [3.05, 3.63) is 29.3 Å². The molecule has 0 radical (unpaired) electrons. The molecule has 1 N–H and O–H groups in total. The van der Waals surface area contributed by atoms with Crippen LogP contribution in [0.25, 0.3) is 0 Å². The second kappa shape index (κ2) is 4.33. The number of hydrogen-bond donors (Lipinski definition) is 1. The Kier molecular flexibility index (Phi) is 2.65. The van der Waals surface area contributed by atoms with Crippen LogP contribution in [-0.4, -0.2) is 18.0 Å². The van der Waals surface area contributed by atoms with Gasteiger partial charge in [-0.25, -0.2) is 0 Å². The lowest BCUT2D eigenvalue weighted by Crippen LogP contribution is -2.35. The SMILES string of the molecule is Cc1ccc(NC(=O)[C@H]2[C@@H]3C[C@@H]4[C@@H]2C(=O)O[C@@H]4C3)cc1C. The van der Waals surface area contributed by atoms with Gasteiger partial charge in [0.2, 0.25) is 5.91 Å². The topological polar surface area (TPSA) is 55.4 Å². The summed E-state index contributed by atoms with van der Waals surface area (Å²) in [5.74, 6) is -0.0116. The summed E-state index contributed by atoms with van der Waals surface area (Å²) in [7, 11) is 0. The summed E-state index contributed by atoms with van der Waals surface area (Å²) in [6, 6.07) is 5.91. The summed E-state index contributed by atoms with van der Waals surface area (Å²) in [4.78, 5) is 24.6. The average molecular weight is 285 g/mol. The Bertz CT molecular complexity index is 637. The predicted octanol–water partition coefficient (Wildman–Crippen LogP) is 2.44. The van der Waals surface area contributed by atoms with E-state index in [-0.39, 0.29) is 35.7 Å². The highest BCUT2D eigenvalue weighted by molar-refractivity contribution is 5.97. The molecule has 1 aliphatic heterocycles. The second-order valence-corrected chi connectivity index (χ2v) is 6.71. The van der Waals surface area contributed by atoms with Gasteiger partial charge in [-0.2, -0.15) is 0 Å². The van der Waals surface area contributed by atoms with Crippen molar-refractivity contribution in [3.63, 3.8) is 0 Å². The first-order chi connectivity index (χ1) is 10.0. The number of carbonyl (C=O) groups is 2. The molecule has 4 heteroatoms. The van der Waals surface area contributed by atoms with Gasteiger partial charge in [0.1, 0.15) is 6.10 Å². The molecule has 3 aliphatic rings. The van der Waals surface area contributed by atoms with Crippen LogP contribution in [-0.2, 0) is 14.3 Å². The fraction of sp³-hybridized carbons (Fsp3) is 0.529. The van der Waals surface area contributed by atoms with Crippen molar-refractivity contribution in [1.29, 1.82) is 0 Å². The Morgan fingerprint density at radius 3 is 2.81 bits per heavy atom. The van der Waals surface area contributed by atoms with Crippen LogP contribution in [0.15, 0.2) is 18.2 Å². The van der Waals surface area contributed by atoms with Gasteiger partial charge in [0.05, 0.1) is 11.8 Å². The van der Waals surface area contributed by atoms with Gasteiger partial charge in [0.15, 0.2) is 0 Å². The second-order valence-electron chi connectivity index (χ2n) is 6.71. The van der Waals surface area contributed by atoms with E-state index in [4.69, 9.17) is 4.74 Å². The molecule has 21 heavy (non-hydrogen) atoms. The molecule has 1 heterocycles. The molecule has 110 valence electrons. The summed E-state index contributed by atoms with van der Waals surface area (Å²) >= 11 is 0. The van der Waals surface area contributed by atoms with Crippen molar-refractivity contribution in [2.75, 3.05) is 5.32 Å². The Labute approximate surface area is 123 Å². The van der Waals surface area contributed by atoms with Gasteiger partial charge in [-0.1, -0.05) is 6.07 Å². The number of anilines is 1. The summed E-state index contributed by atoms with van der Waals surface area (Å²) in [6.45, 7) is 4.08. The zero-order valence-electron chi connectivity index (χ0n) is 12.3. The molecular formula is C17H19NO3. The van der Waals surface area contributed by atoms with Gasteiger partial charge >= 0.3 is 5.97 Å². The lowest BCUT2D eigenvalue weighted by molar-refractivity contribution is -0.145. The number of fused-ring (bicyclic) bond motifs is 1. The molecule has 1 aromatic carbocycles. The van der Waals surface area contributed by atoms with Crippen molar-refractivity contribution >= 4 is 17.6 Å². The molecule has 4 nitrogen and oxygen atoms in total. The molecule has 3 fully saturated rings. The number of nitrogens with one attached hydrogen (secondary N) is 1. The highest BCUT2D eigenvalue weighted by atomic mass is 16.6. The summed E-state index contributed by atoms with van der Waals surface area (Å²) in [6.07, 6.45) is 1.91. The molecule has 0 aromatic heterocycles. The van der Waals surface area contributed by atoms with Crippen LogP contribution >= 0.6 is 0 Å². The third-order valence-electron chi connectivity index (χ3n) is 5.56. The molecular weight excluding hydrogens is 266 g/mol. The van der Waals surface area contributed by atoms with Gasteiger partial charge in [0, 0.05) is 11.6 Å². The number of rotatable bonds is 2. The molecule has 1 saturated heterocycles. The molecule has 2 bridgehead atoms. The Hall–Kier alpha value is -1.84. The van der Waals surface area contributed by atoms with Crippen LogP contribution in [0.2, 0.25) is 0 Å². The molecule has 0 spiro atoms. The molecule has 4 rings (SSSR count). The molecule has 1 aromatic rings. The molecule has 2 saturated carbocycles. The van der Waals surface area contributed by atoms with Crippen molar-refractivity contribution in [2.24, 2.45) is 23.7 Å². The number of esters is 1. The fourth-order valence-electron chi connectivity index (χ4n) is 4.41. The Balaban J connectivity index is 1.55. The number of aryl methyl sites for hydroxylation is 2. The largest absolute Gasteiger partial charge is 0.462 e. The predicted molar refractivity (Wildman–Crippen MR) is 77.6 cm³/mol. The number of ether oxygens (including phenoxy) is 1. The van der Waals surface area contributed by atoms with Crippen LogP contribution in [0.3, 0.4) is 0 Å². The van der Waals surface area contributed by atoms with Crippen LogP contribution in [0.4, 0.5) is 5.69 Å². The minimum atomic E-state index is -0.208. The monoisotopic (exact) mass is 285 g/mol. The van der Waals surface area contributed by atoms with E-state index >= 15 is 0 Å². The van der Waals surface area contributed by atoms with Crippen LogP contribution in [0.5, 0.6) is 0 Å². The van der Waals surface area contributed by atoms with Crippen molar-refractivity contribution in [2.45, 2.75) is 32.8 Å². The molecule has 2 aliphatic carbocycles. The van der Waals surface area contributed by atoms with Crippen molar-refractivity contribution in [1.82, 2.24) is 0 Å². The smallest absolute Gasteiger partial charge is 0.310 e. The highest BCUT2D eigenvalue weighted by Gasteiger charge is 2.63. The minimum Gasteiger partial charge on any atom is -0.462 e. The summed E-state index contributed by atoms with van der Waals surface area (Å²) in [5, 5.41) is 2.99. The third kappa shape index (κ3) is 1.81. The average Bonchev–Trinajstić information content (AvgIpc) is 3.04. The van der Waals surface area contributed by atoms with E-state index in [1.54, 1.807) is 0 Å². The van der Waals surface area contributed by atoms with E-state index in [0.717, 1.165) is 24.1 Å². The van der Waals surface area contributed by atoms with E-state index in [9.17, 15) is 9.59 Å². The van der Waals surface area contributed by atoms with Crippen LogP contribution < -0.4 is 5.32 Å². The fourth-order valence-corrected chi connectivity index (χ4v) is 4.41. The Morgan fingerprint density at radius 2 is 2.05 bits per heavy atom. The van der Waals surface area contributed by atoms with E-state index in [1.807, 2.05) is 32.0 Å². The lowest BCUT2D eigenvalue weighted by atomic mass is 9.79. The van der Waals surface area contributed by atoms with Gasteiger partial charge < -0.3 is 10.1 Å².